The van der Waals surface area contributed by atoms with E-state index in [1.165, 1.54) is 0 Å². The Kier molecular flexibility index (Phi) is 3.93. The molecular weight excluding hydrogens is 264 g/mol. The molecule has 1 heterocycles. The standard InChI is InChI=1S/C16H16N4O/c17-11-14-19-20-16(21-14)18-15(12-7-3-1-4-8-12)13-9-5-2-6-10-13/h1-10,15H,11,17H2,(H,18,20). The number of hydrogen-bond acceptors (Lipinski definition) is 5. The van der Waals surface area contributed by atoms with E-state index in [9.17, 15) is 0 Å². The molecule has 5 heteroatoms. The van der Waals surface area contributed by atoms with E-state index >= 15 is 0 Å². The molecule has 106 valence electrons. The van der Waals surface area contributed by atoms with Crippen molar-refractivity contribution in [1.82, 2.24) is 10.2 Å². The minimum atomic E-state index is -0.0570. The Bertz CT molecular complexity index is 642. The summed E-state index contributed by atoms with van der Waals surface area (Å²) in [4.78, 5) is 0. The fourth-order valence-electron chi connectivity index (χ4n) is 2.17. The number of nitrogens with two attached hydrogens (primary N) is 1. The molecule has 0 fully saturated rings. The van der Waals surface area contributed by atoms with Gasteiger partial charge in [0.25, 0.3) is 0 Å². The van der Waals surface area contributed by atoms with Crippen LogP contribution in [-0.2, 0) is 6.54 Å². The molecular formula is C16H16N4O. The van der Waals surface area contributed by atoms with Crippen LogP contribution < -0.4 is 11.1 Å². The zero-order chi connectivity index (χ0) is 14.5. The van der Waals surface area contributed by atoms with Crippen molar-refractivity contribution >= 4 is 6.01 Å². The molecule has 2 aromatic carbocycles. The van der Waals surface area contributed by atoms with Crippen molar-refractivity contribution in [3.05, 3.63) is 77.7 Å². The highest BCUT2D eigenvalue weighted by Gasteiger charge is 2.16. The number of hydrogen-bond donors (Lipinski definition) is 2. The van der Waals surface area contributed by atoms with Crippen molar-refractivity contribution in [2.75, 3.05) is 5.32 Å². The van der Waals surface area contributed by atoms with Crippen LogP contribution in [0.3, 0.4) is 0 Å². The van der Waals surface area contributed by atoms with Crippen molar-refractivity contribution in [2.24, 2.45) is 5.73 Å². The SMILES string of the molecule is NCc1nnc(NC(c2ccccc2)c2ccccc2)o1. The topological polar surface area (TPSA) is 77.0 Å². The number of benzene rings is 2. The quantitative estimate of drug-likeness (QED) is 0.751. The summed E-state index contributed by atoms with van der Waals surface area (Å²) in [6.07, 6.45) is 0. The maximum absolute atomic E-state index is 5.49. The zero-order valence-electron chi connectivity index (χ0n) is 11.4. The molecule has 0 saturated heterocycles. The lowest BCUT2D eigenvalue weighted by Gasteiger charge is -2.18. The summed E-state index contributed by atoms with van der Waals surface area (Å²) < 4.78 is 5.45. The van der Waals surface area contributed by atoms with Crippen LogP contribution in [0.1, 0.15) is 23.1 Å². The van der Waals surface area contributed by atoms with Gasteiger partial charge in [-0.3, -0.25) is 0 Å². The lowest BCUT2D eigenvalue weighted by Crippen LogP contribution is -2.12. The first kappa shape index (κ1) is 13.3. The van der Waals surface area contributed by atoms with Gasteiger partial charge in [0, 0.05) is 0 Å². The molecule has 0 aliphatic heterocycles. The molecule has 0 atom stereocenters. The van der Waals surface area contributed by atoms with E-state index in [4.69, 9.17) is 10.2 Å². The van der Waals surface area contributed by atoms with Crippen molar-refractivity contribution in [1.29, 1.82) is 0 Å². The van der Waals surface area contributed by atoms with Crippen molar-refractivity contribution < 1.29 is 4.42 Å². The Morgan fingerprint density at radius 2 is 1.48 bits per heavy atom. The van der Waals surface area contributed by atoms with Crippen LogP contribution in [0.4, 0.5) is 6.01 Å². The van der Waals surface area contributed by atoms with E-state index in [1.807, 2.05) is 36.4 Å². The van der Waals surface area contributed by atoms with Gasteiger partial charge in [-0.2, -0.15) is 0 Å². The molecule has 3 rings (SSSR count). The summed E-state index contributed by atoms with van der Waals surface area (Å²) in [6, 6.07) is 20.6. The average Bonchev–Trinajstić information content (AvgIpc) is 3.02. The third kappa shape index (κ3) is 3.09. The van der Waals surface area contributed by atoms with Gasteiger partial charge in [-0.05, 0) is 11.1 Å². The van der Waals surface area contributed by atoms with Crippen LogP contribution in [-0.4, -0.2) is 10.2 Å². The monoisotopic (exact) mass is 280 g/mol. The van der Waals surface area contributed by atoms with Gasteiger partial charge in [0.1, 0.15) is 0 Å². The summed E-state index contributed by atoms with van der Waals surface area (Å²) in [6.45, 7) is 0.232. The Labute approximate surface area is 122 Å². The van der Waals surface area contributed by atoms with Gasteiger partial charge in [-0.15, -0.1) is 5.10 Å². The number of aromatic nitrogens is 2. The second kappa shape index (κ2) is 6.19. The van der Waals surface area contributed by atoms with Gasteiger partial charge in [-0.25, -0.2) is 0 Å². The summed E-state index contributed by atoms with van der Waals surface area (Å²) in [5, 5.41) is 11.1. The van der Waals surface area contributed by atoms with E-state index in [0.717, 1.165) is 11.1 Å². The summed E-state index contributed by atoms with van der Waals surface area (Å²) in [7, 11) is 0. The molecule has 0 aliphatic carbocycles. The third-order valence-corrected chi connectivity index (χ3v) is 3.18. The number of rotatable bonds is 5. The van der Waals surface area contributed by atoms with Crippen LogP contribution in [0.25, 0.3) is 0 Å². The summed E-state index contributed by atoms with van der Waals surface area (Å²) >= 11 is 0. The van der Waals surface area contributed by atoms with Crippen LogP contribution in [0.15, 0.2) is 65.1 Å². The van der Waals surface area contributed by atoms with Gasteiger partial charge < -0.3 is 15.5 Å². The fourth-order valence-corrected chi connectivity index (χ4v) is 2.17. The number of anilines is 1. The Morgan fingerprint density at radius 1 is 0.905 bits per heavy atom. The van der Waals surface area contributed by atoms with Crippen LogP contribution in [0.5, 0.6) is 0 Å². The molecule has 0 spiro atoms. The largest absolute Gasteiger partial charge is 0.407 e. The van der Waals surface area contributed by atoms with E-state index in [0.29, 0.717) is 11.9 Å². The number of nitrogens with zero attached hydrogens (tertiary/aromatic N) is 2. The minimum Gasteiger partial charge on any atom is -0.407 e. The third-order valence-electron chi connectivity index (χ3n) is 3.18. The smallest absolute Gasteiger partial charge is 0.316 e. The molecule has 1 aromatic heterocycles. The van der Waals surface area contributed by atoms with Crippen molar-refractivity contribution in [3.8, 4) is 0 Å². The van der Waals surface area contributed by atoms with Gasteiger partial charge in [0.2, 0.25) is 5.89 Å². The normalized spacial score (nSPS) is 10.8. The predicted octanol–water partition coefficient (Wildman–Crippen LogP) is 2.73. The van der Waals surface area contributed by atoms with Crippen LogP contribution in [0.2, 0.25) is 0 Å². The lowest BCUT2D eigenvalue weighted by atomic mass is 9.99. The highest BCUT2D eigenvalue weighted by Crippen LogP contribution is 2.25. The Morgan fingerprint density at radius 3 is 1.95 bits per heavy atom. The van der Waals surface area contributed by atoms with Gasteiger partial charge in [0.05, 0.1) is 12.6 Å². The Hall–Kier alpha value is -2.66. The van der Waals surface area contributed by atoms with E-state index in [2.05, 4.69) is 39.8 Å². The van der Waals surface area contributed by atoms with Crippen molar-refractivity contribution in [2.45, 2.75) is 12.6 Å². The van der Waals surface area contributed by atoms with Gasteiger partial charge >= 0.3 is 6.01 Å². The molecule has 0 bridgehead atoms. The van der Waals surface area contributed by atoms with Crippen LogP contribution in [0, 0.1) is 0 Å². The van der Waals surface area contributed by atoms with E-state index in [-0.39, 0.29) is 12.6 Å². The second-order valence-electron chi connectivity index (χ2n) is 4.60. The maximum atomic E-state index is 5.49. The highest BCUT2D eigenvalue weighted by molar-refractivity contribution is 5.39. The lowest BCUT2D eigenvalue weighted by molar-refractivity contribution is 0.504. The second-order valence-corrected chi connectivity index (χ2v) is 4.60. The first-order chi connectivity index (χ1) is 10.4. The maximum Gasteiger partial charge on any atom is 0.316 e. The van der Waals surface area contributed by atoms with Crippen LogP contribution >= 0.6 is 0 Å². The molecule has 5 nitrogen and oxygen atoms in total. The molecule has 3 N–H and O–H groups in total. The molecule has 3 aromatic rings. The van der Waals surface area contributed by atoms with Crippen molar-refractivity contribution in [3.63, 3.8) is 0 Å². The summed E-state index contributed by atoms with van der Waals surface area (Å²) in [5.41, 5.74) is 7.74. The van der Waals surface area contributed by atoms with Gasteiger partial charge in [0.15, 0.2) is 0 Å². The Balaban J connectivity index is 1.93. The molecule has 0 unspecified atom stereocenters. The summed E-state index contributed by atoms with van der Waals surface area (Å²) in [5.74, 6) is 0.414. The van der Waals surface area contributed by atoms with E-state index < -0.39 is 0 Å². The minimum absolute atomic E-state index is 0.0570. The van der Waals surface area contributed by atoms with E-state index in [1.54, 1.807) is 0 Å². The molecule has 0 saturated carbocycles. The number of nitrogens with one attached hydrogen (secondary N) is 1. The average molecular weight is 280 g/mol. The first-order valence-electron chi connectivity index (χ1n) is 6.75. The molecule has 0 aliphatic rings. The zero-order valence-corrected chi connectivity index (χ0v) is 11.4. The predicted molar refractivity (Wildman–Crippen MR) is 80.5 cm³/mol. The molecule has 0 radical (unpaired) electrons. The molecule has 21 heavy (non-hydrogen) atoms. The highest BCUT2D eigenvalue weighted by atomic mass is 16.4. The molecule has 0 amide bonds. The fraction of sp³-hybridized carbons (Fsp3) is 0.125. The first-order valence-corrected chi connectivity index (χ1v) is 6.75. The van der Waals surface area contributed by atoms with Gasteiger partial charge in [-0.1, -0.05) is 65.8 Å².